The fourth-order valence-electron chi connectivity index (χ4n) is 1.95. The Morgan fingerprint density at radius 2 is 2.07 bits per heavy atom. The molecule has 0 aromatic heterocycles. The van der Waals surface area contributed by atoms with E-state index in [0.717, 1.165) is 13.1 Å². The minimum atomic E-state index is 0.427. The van der Waals surface area contributed by atoms with Crippen molar-refractivity contribution >= 4 is 15.9 Å². The maximum Gasteiger partial charge on any atom is 0.0213 e. The van der Waals surface area contributed by atoms with Gasteiger partial charge in [0.05, 0.1) is 0 Å². The van der Waals surface area contributed by atoms with Crippen LogP contribution in [0.25, 0.3) is 0 Å². The normalized spacial score (nSPS) is 18.1. The summed E-state index contributed by atoms with van der Waals surface area (Å²) in [5, 5.41) is 3.46. The first-order valence-electron chi connectivity index (χ1n) is 5.24. The highest BCUT2D eigenvalue weighted by Gasteiger charge is 2.44. The number of benzene rings is 1. The second-order valence-corrected chi connectivity index (χ2v) is 4.89. The van der Waals surface area contributed by atoms with Gasteiger partial charge in [-0.3, -0.25) is 0 Å². The van der Waals surface area contributed by atoms with Crippen molar-refractivity contribution < 1.29 is 0 Å². The topological polar surface area (TPSA) is 12.0 Å². The smallest absolute Gasteiger partial charge is 0.0213 e. The Morgan fingerprint density at radius 1 is 1.36 bits per heavy atom. The quantitative estimate of drug-likeness (QED) is 0.870. The van der Waals surface area contributed by atoms with Gasteiger partial charge in [-0.05, 0) is 31.0 Å². The molecule has 1 aromatic rings. The van der Waals surface area contributed by atoms with Crippen molar-refractivity contribution in [2.45, 2.75) is 25.2 Å². The fraction of sp³-hybridized carbons (Fsp3) is 0.500. The van der Waals surface area contributed by atoms with Gasteiger partial charge in [-0.1, -0.05) is 41.1 Å². The first-order valence-corrected chi connectivity index (χ1v) is 6.03. The number of hydrogen-bond donors (Lipinski definition) is 1. The largest absolute Gasteiger partial charge is 0.316 e. The lowest BCUT2D eigenvalue weighted by Gasteiger charge is -2.17. The molecule has 0 bridgehead atoms. The van der Waals surface area contributed by atoms with Crippen molar-refractivity contribution in [1.82, 2.24) is 5.32 Å². The van der Waals surface area contributed by atoms with Gasteiger partial charge in [0.15, 0.2) is 0 Å². The van der Waals surface area contributed by atoms with Crippen molar-refractivity contribution in [3.05, 3.63) is 34.3 Å². The van der Waals surface area contributed by atoms with E-state index >= 15 is 0 Å². The summed E-state index contributed by atoms with van der Waals surface area (Å²) in [5.41, 5.74) is 1.90. The Balaban J connectivity index is 2.18. The molecule has 0 spiro atoms. The van der Waals surface area contributed by atoms with E-state index in [1.54, 1.807) is 0 Å². The highest BCUT2D eigenvalue weighted by molar-refractivity contribution is 9.10. The number of hydrogen-bond acceptors (Lipinski definition) is 1. The molecule has 76 valence electrons. The lowest BCUT2D eigenvalue weighted by atomic mass is 9.96. The van der Waals surface area contributed by atoms with Crippen molar-refractivity contribution in [3.8, 4) is 0 Å². The standard InChI is InChI=1S/C12H16BrN/c1-2-14-9-12(7-8-12)10-5-3-4-6-11(10)13/h3-6,14H,2,7-9H2,1H3. The maximum absolute atomic E-state index is 3.64. The molecule has 1 aliphatic carbocycles. The van der Waals surface area contributed by atoms with Crippen LogP contribution < -0.4 is 5.32 Å². The average Bonchev–Trinajstić information content (AvgIpc) is 2.97. The third kappa shape index (κ3) is 1.86. The predicted molar refractivity (Wildman–Crippen MR) is 63.6 cm³/mol. The summed E-state index contributed by atoms with van der Waals surface area (Å²) in [4.78, 5) is 0. The summed E-state index contributed by atoms with van der Waals surface area (Å²) in [6.45, 7) is 4.34. The Hall–Kier alpha value is -0.340. The SMILES string of the molecule is CCNCC1(c2ccccc2Br)CC1. The molecule has 0 atom stereocenters. The van der Waals surface area contributed by atoms with E-state index < -0.39 is 0 Å². The van der Waals surface area contributed by atoms with E-state index in [-0.39, 0.29) is 0 Å². The average molecular weight is 254 g/mol. The zero-order chi connectivity index (χ0) is 10.0. The molecule has 0 unspecified atom stereocenters. The summed E-state index contributed by atoms with van der Waals surface area (Å²) in [6.07, 6.45) is 2.64. The van der Waals surface area contributed by atoms with Crippen LogP contribution in [-0.4, -0.2) is 13.1 Å². The minimum absolute atomic E-state index is 0.427. The zero-order valence-electron chi connectivity index (χ0n) is 8.52. The Labute approximate surface area is 94.0 Å². The highest BCUT2D eigenvalue weighted by atomic mass is 79.9. The van der Waals surface area contributed by atoms with Crippen molar-refractivity contribution in [1.29, 1.82) is 0 Å². The number of nitrogens with one attached hydrogen (secondary N) is 1. The van der Waals surface area contributed by atoms with Crippen LogP contribution in [0.4, 0.5) is 0 Å². The predicted octanol–water partition coefficient (Wildman–Crippen LogP) is 3.09. The van der Waals surface area contributed by atoms with Gasteiger partial charge in [-0.2, -0.15) is 0 Å². The Kier molecular flexibility index (Phi) is 2.93. The highest BCUT2D eigenvalue weighted by Crippen LogP contribution is 2.49. The van der Waals surface area contributed by atoms with Gasteiger partial charge in [-0.15, -0.1) is 0 Å². The third-order valence-electron chi connectivity index (χ3n) is 3.01. The molecule has 1 aromatic carbocycles. The van der Waals surface area contributed by atoms with Crippen LogP contribution in [0.15, 0.2) is 28.7 Å². The van der Waals surface area contributed by atoms with E-state index in [1.807, 2.05) is 0 Å². The van der Waals surface area contributed by atoms with Gasteiger partial charge in [0.25, 0.3) is 0 Å². The second-order valence-electron chi connectivity index (χ2n) is 4.04. The van der Waals surface area contributed by atoms with Gasteiger partial charge >= 0.3 is 0 Å². The summed E-state index contributed by atoms with van der Waals surface area (Å²) in [5.74, 6) is 0. The van der Waals surface area contributed by atoms with Crippen LogP contribution in [-0.2, 0) is 5.41 Å². The number of likely N-dealkylation sites (N-methyl/N-ethyl adjacent to an activating group) is 1. The van der Waals surface area contributed by atoms with Gasteiger partial charge in [-0.25, -0.2) is 0 Å². The van der Waals surface area contributed by atoms with E-state index in [9.17, 15) is 0 Å². The molecule has 0 saturated heterocycles. The van der Waals surface area contributed by atoms with E-state index in [4.69, 9.17) is 0 Å². The van der Waals surface area contributed by atoms with Gasteiger partial charge in [0, 0.05) is 16.4 Å². The van der Waals surface area contributed by atoms with Crippen LogP contribution in [0, 0.1) is 0 Å². The molecule has 0 amide bonds. The first kappa shape index (κ1) is 10.2. The molecular weight excluding hydrogens is 238 g/mol. The molecule has 1 N–H and O–H groups in total. The molecular formula is C12H16BrN. The summed E-state index contributed by atoms with van der Waals surface area (Å²) in [6, 6.07) is 8.60. The second kappa shape index (κ2) is 4.03. The van der Waals surface area contributed by atoms with Crippen molar-refractivity contribution in [2.24, 2.45) is 0 Å². The van der Waals surface area contributed by atoms with E-state index in [2.05, 4.69) is 52.4 Å². The van der Waals surface area contributed by atoms with Gasteiger partial charge < -0.3 is 5.32 Å². The Bertz CT molecular complexity index is 318. The van der Waals surface area contributed by atoms with Crippen LogP contribution in [0.5, 0.6) is 0 Å². The van der Waals surface area contributed by atoms with Gasteiger partial charge in [0.2, 0.25) is 0 Å². The van der Waals surface area contributed by atoms with Crippen LogP contribution >= 0.6 is 15.9 Å². The third-order valence-corrected chi connectivity index (χ3v) is 3.70. The zero-order valence-corrected chi connectivity index (χ0v) is 10.1. The molecule has 2 heteroatoms. The van der Waals surface area contributed by atoms with E-state index in [1.165, 1.54) is 22.9 Å². The molecule has 2 rings (SSSR count). The summed E-state index contributed by atoms with van der Waals surface area (Å²) < 4.78 is 1.26. The lowest BCUT2D eigenvalue weighted by molar-refractivity contribution is 0.589. The minimum Gasteiger partial charge on any atom is -0.316 e. The lowest BCUT2D eigenvalue weighted by Crippen LogP contribution is -2.26. The molecule has 1 fully saturated rings. The van der Waals surface area contributed by atoms with E-state index in [0.29, 0.717) is 5.41 Å². The molecule has 1 aliphatic rings. The first-order chi connectivity index (χ1) is 6.78. The molecule has 0 radical (unpaired) electrons. The van der Waals surface area contributed by atoms with Crippen molar-refractivity contribution in [3.63, 3.8) is 0 Å². The maximum atomic E-state index is 3.64. The molecule has 1 saturated carbocycles. The molecule has 0 aliphatic heterocycles. The molecule has 14 heavy (non-hydrogen) atoms. The summed E-state index contributed by atoms with van der Waals surface area (Å²) >= 11 is 3.64. The molecule has 1 nitrogen and oxygen atoms in total. The van der Waals surface area contributed by atoms with Gasteiger partial charge in [0.1, 0.15) is 0 Å². The number of halogens is 1. The van der Waals surface area contributed by atoms with Crippen LogP contribution in [0.2, 0.25) is 0 Å². The number of rotatable bonds is 4. The van der Waals surface area contributed by atoms with Crippen molar-refractivity contribution in [2.75, 3.05) is 13.1 Å². The molecule has 0 heterocycles. The monoisotopic (exact) mass is 253 g/mol. The van der Waals surface area contributed by atoms with Crippen LogP contribution in [0.1, 0.15) is 25.3 Å². The van der Waals surface area contributed by atoms with Crippen LogP contribution in [0.3, 0.4) is 0 Å². The Morgan fingerprint density at radius 3 is 2.64 bits per heavy atom. The fourth-order valence-corrected chi connectivity index (χ4v) is 2.65. The summed E-state index contributed by atoms with van der Waals surface area (Å²) in [7, 11) is 0.